The van der Waals surface area contributed by atoms with E-state index in [1.54, 1.807) is 20.8 Å². The van der Waals surface area contributed by atoms with Gasteiger partial charge in [0.15, 0.2) is 0 Å². The Morgan fingerprint density at radius 1 is 1.17 bits per heavy atom. The standard InChI is InChI=1S/C19H26F2N4O3S/c1-19(2,3)29(26,27)22-11-12-4-7-14(8-5-12)23-18-24-17(25-28-18)15-9-6-13(20)10-16(15)21/h6,9-10,12,14,22H,4-5,7-8,11H2,1-3H3,(H,23,24,25). The molecule has 0 spiro atoms. The van der Waals surface area contributed by atoms with Gasteiger partial charge in [0, 0.05) is 18.7 Å². The summed E-state index contributed by atoms with van der Waals surface area (Å²) in [5.74, 6) is -1.10. The zero-order valence-corrected chi connectivity index (χ0v) is 17.5. The van der Waals surface area contributed by atoms with Crippen molar-refractivity contribution in [2.45, 2.75) is 57.2 Å². The van der Waals surface area contributed by atoms with Gasteiger partial charge in [-0.05, 0) is 64.5 Å². The fraction of sp³-hybridized carbons (Fsp3) is 0.579. The fourth-order valence-corrected chi connectivity index (χ4v) is 4.08. The maximum Gasteiger partial charge on any atom is 0.322 e. The Morgan fingerprint density at radius 2 is 1.86 bits per heavy atom. The van der Waals surface area contributed by atoms with Crippen molar-refractivity contribution in [3.63, 3.8) is 0 Å². The van der Waals surface area contributed by atoms with E-state index in [1.807, 2.05) is 0 Å². The molecule has 29 heavy (non-hydrogen) atoms. The van der Waals surface area contributed by atoms with Crippen molar-refractivity contribution in [3.8, 4) is 11.4 Å². The molecule has 1 fully saturated rings. The van der Waals surface area contributed by atoms with Gasteiger partial charge in [-0.3, -0.25) is 0 Å². The van der Waals surface area contributed by atoms with E-state index in [4.69, 9.17) is 4.52 Å². The topological polar surface area (TPSA) is 97.1 Å². The monoisotopic (exact) mass is 428 g/mol. The Bertz CT molecular complexity index is 949. The van der Waals surface area contributed by atoms with Crippen LogP contribution in [0.2, 0.25) is 0 Å². The Morgan fingerprint density at radius 3 is 2.48 bits per heavy atom. The largest absolute Gasteiger partial charge is 0.335 e. The molecule has 1 aromatic heterocycles. The van der Waals surface area contributed by atoms with Crippen LogP contribution in [-0.4, -0.2) is 35.9 Å². The number of hydrogen-bond donors (Lipinski definition) is 2. The third kappa shape index (κ3) is 5.30. The molecule has 0 bridgehead atoms. The van der Waals surface area contributed by atoms with Crippen molar-refractivity contribution >= 4 is 16.0 Å². The first-order valence-corrected chi connectivity index (χ1v) is 11.1. The normalized spacial score (nSPS) is 20.6. The Hall–Kier alpha value is -2.07. The fourth-order valence-electron chi connectivity index (χ4n) is 3.19. The molecule has 1 aliphatic carbocycles. The summed E-state index contributed by atoms with van der Waals surface area (Å²) in [4.78, 5) is 4.14. The molecule has 2 aromatic rings. The second-order valence-electron chi connectivity index (χ2n) is 8.37. The van der Waals surface area contributed by atoms with E-state index in [0.717, 1.165) is 37.8 Å². The van der Waals surface area contributed by atoms with Crippen molar-refractivity contribution in [1.29, 1.82) is 0 Å². The lowest BCUT2D eigenvalue weighted by Crippen LogP contribution is -2.42. The highest BCUT2D eigenvalue weighted by Gasteiger charge is 2.30. The van der Waals surface area contributed by atoms with E-state index < -0.39 is 26.4 Å². The number of nitrogens with zero attached hydrogens (tertiary/aromatic N) is 2. The number of halogens is 2. The van der Waals surface area contributed by atoms with Crippen molar-refractivity contribution in [2.24, 2.45) is 5.92 Å². The first-order valence-electron chi connectivity index (χ1n) is 9.60. The molecule has 10 heteroatoms. The van der Waals surface area contributed by atoms with E-state index in [1.165, 1.54) is 6.07 Å². The van der Waals surface area contributed by atoms with Gasteiger partial charge in [0.2, 0.25) is 15.8 Å². The number of hydrogen-bond acceptors (Lipinski definition) is 6. The van der Waals surface area contributed by atoms with Crippen LogP contribution in [0, 0.1) is 17.6 Å². The molecule has 0 radical (unpaired) electrons. The molecule has 1 aromatic carbocycles. The number of aromatic nitrogens is 2. The molecule has 3 rings (SSSR count). The van der Waals surface area contributed by atoms with Crippen LogP contribution >= 0.6 is 0 Å². The highest BCUT2D eigenvalue weighted by Crippen LogP contribution is 2.28. The lowest BCUT2D eigenvalue weighted by Gasteiger charge is -2.29. The molecule has 0 unspecified atom stereocenters. The first-order chi connectivity index (χ1) is 13.5. The van der Waals surface area contributed by atoms with E-state index in [9.17, 15) is 17.2 Å². The molecule has 0 atom stereocenters. The Labute approximate surface area is 169 Å². The van der Waals surface area contributed by atoms with E-state index in [-0.39, 0.29) is 29.4 Å². The molecule has 160 valence electrons. The van der Waals surface area contributed by atoms with Crippen LogP contribution in [0.3, 0.4) is 0 Å². The summed E-state index contributed by atoms with van der Waals surface area (Å²) < 4.78 is 58.2. The minimum Gasteiger partial charge on any atom is -0.335 e. The third-order valence-corrected chi connectivity index (χ3v) is 7.30. The van der Waals surface area contributed by atoms with Gasteiger partial charge in [-0.1, -0.05) is 5.16 Å². The minimum absolute atomic E-state index is 0.0512. The molecule has 2 N–H and O–H groups in total. The molecular weight excluding hydrogens is 402 g/mol. The smallest absolute Gasteiger partial charge is 0.322 e. The van der Waals surface area contributed by atoms with Gasteiger partial charge in [0.05, 0.1) is 10.3 Å². The molecule has 0 aliphatic heterocycles. The quantitative estimate of drug-likeness (QED) is 0.728. The maximum absolute atomic E-state index is 13.8. The van der Waals surface area contributed by atoms with Crippen LogP contribution in [0.4, 0.5) is 14.8 Å². The zero-order valence-electron chi connectivity index (χ0n) is 16.7. The van der Waals surface area contributed by atoms with Gasteiger partial charge in [-0.25, -0.2) is 21.9 Å². The van der Waals surface area contributed by atoms with Gasteiger partial charge in [0.25, 0.3) is 0 Å². The van der Waals surface area contributed by atoms with Crippen molar-refractivity contribution < 1.29 is 21.7 Å². The summed E-state index contributed by atoms with van der Waals surface area (Å²) in [7, 11) is -3.34. The van der Waals surface area contributed by atoms with E-state index in [2.05, 4.69) is 20.2 Å². The zero-order chi connectivity index (χ0) is 21.2. The summed E-state index contributed by atoms with van der Waals surface area (Å²) in [6.45, 7) is 5.45. The summed E-state index contributed by atoms with van der Waals surface area (Å²) >= 11 is 0. The summed E-state index contributed by atoms with van der Waals surface area (Å²) in [6.07, 6.45) is 3.37. The van der Waals surface area contributed by atoms with Gasteiger partial charge in [-0.2, -0.15) is 4.98 Å². The molecule has 1 heterocycles. The van der Waals surface area contributed by atoms with Gasteiger partial charge in [0.1, 0.15) is 11.6 Å². The van der Waals surface area contributed by atoms with Crippen LogP contribution in [0.5, 0.6) is 0 Å². The Kier molecular flexibility index (Phi) is 6.23. The average Bonchev–Trinajstić information content (AvgIpc) is 3.08. The average molecular weight is 429 g/mol. The minimum atomic E-state index is -3.34. The van der Waals surface area contributed by atoms with Crippen molar-refractivity contribution in [1.82, 2.24) is 14.9 Å². The third-order valence-electron chi connectivity index (χ3n) is 5.14. The number of rotatable bonds is 6. The van der Waals surface area contributed by atoms with Gasteiger partial charge in [-0.15, -0.1) is 0 Å². The van der Waals surface area contributed by atoms with Gasteiger partial charge < -0.3 is 9.84 Å². The SMILES string of the molecule is CC(C)(C)S(=O)(=O)NCC1CCC(Nc2nc(-c3ccc(F)cc3F)no2)CC1. The molecular formula is C19H26F2N4O3S. The summed E-state index contributed by atoms with van der Waals surface area (Å²) in [6, 6.07) is 3.46. The Balaban J connectivity index is 1.51. The summed E-state index contributed by atoms with van der Waals surface area (Å²) in [5, 5.41) is 6.89. The van der Waals surface area contributed by atoms with E-state index in [0.29, 0.717) is 6.54 Å². The molecule has 1 saturated carbocycles. The van der Waals surface area contributed by atoms with E-state index >= 15 is 0 Å². The second kappa shape index (κ2) is 8.35. The molecule has 0 saturated heterocycles. The highest BCUT2D eigenvalue weighted by atomic mass is 32.2. The lowest BCUT2D eigenvalue weighted by atomic mass is 9.86. The number of sulfonamides is 1. The van der Waals surface area contributed by atoms with Crippen LogP contribution in [0.1, 0.15) is 46.5 Å². The van der Waals surface area contributed by atoms with Crippen LogP contribution in [0.15, 0.2) is 22.7 Å². The predicted octanol–water partition coefficient (Wildman–Crippen LogP) is 3.70. The summed E-state index contributed by atoms with van der Waals surface area (Å²) in [5.41, 5.74) is 0.0676. The molecule has 1 aliphatic rings. The highest BCUT2D eigenvalue weighted by molar-refractivity contribution is 7.90. The lowest BCUT2D eigenvalue weighted by molar-refractivity contribution is 0.329. The number of benzene rings is 1. The van der Waals surface area contributed by atoms with Crippen LogP contribution in [0.25, 0.3) is 11.4 Å². The molecule has 7 nitrogen and oxygen atoms in total. The first kappa shape index (κ1) is 21.6. The van der Waals surface area contributed by atoms with Crippen LogP contribution < -0.4 is 10.0 Å². The maximum atomic E-state index is 13.8. The number of nitrogens with one attached hydrogen (secondary N) is 2. The van der Waals surface area contributed by atoms with Gasteiger partial charge >= 0.3 is 6.01 Å². The number of anilines is 1. The van der Waals surface area contributed by atoms with Crippen molar-refractivity contribution in [2.75, 3.05) is 11.9 Å². The molecule has 0 amide bonds. The predicted molar refractivity (Wildman–Crippen MR) is 106 cm³/mol. The second-order valence-corrected chi connectivity index (χ2v) is 10.9. The van der Waals surface area contributed by atoms with Crippen LogP contribution in [-0.2, 0) is 10.0 Å². The van der Waals surface area contributed by atoms with Crippen molar-refractivity contribution in [3.05, 3.63) is 29.8 Å².